The van der Waals surface area contributed by atoms with E-state index < -0.39 is 0 Å². The van der Waals surface area contributed by atoms with E-state index >= 15 is 0 Å². The number of hydrogen-bond acceptors (Lipinski definition) is 4. The van der Waals surface area contributed by atoms with Crippen molar-refractivity contribution in [1.29, 1.82) is 0 Å². The minimum atomic E-state index is -0.303. The number of nitrogens with zero attached hydrogens (tertiary/aromatic N) is 3. The van der Waals surface area contributed by atoms with Crippen molar-refractivity contribution in [3.8, 4) is 0 Å². The van der Waals surface area contributed by atoms with Gasteiger partial charge in [0.05, 0.1) is 0 Å². The molecule has 3 rings (SSSR count). The molecule has 150 valence electrons. The third-order valence-corrected chi connectivity index (χ3v) is 5.36. The predicted molar refractivity (Wildman–Crippen MR) is 112 cm³/mol. The number of benzene rings is 1. The minimum Gasteiger partial charge on any atom is -0.321 e. The molecule has 1 fully saturated rings. The van der Waals surface area contributed by atoms with Crippen LogP contribution in [0.4, 0.5) is 5.69 Å². The van der Waals surface area contributed by atoms with Crippen LogP contribution in [0, 0.1) is 0 Å². The van der Waals surface area contributed by atoms with Gasteiger partial charge in [-0.05, 0) is 56.5 Å². The summed E-state index contributed by atoms with van der Waals surface area (Å²) in [6.45, 7) is 6.97. The summed E-state index contributed by atoms with van der Waals surface area (Å²) < 4.78 is 1.36. The smallest absolute Gasteiger partial charge is 0.276 e. The highest BCUT2D eigenvalue weighted by Crippen LogP contribution is 2.20. The van der Waals surface area contributed by atoms with E-state index in [0.29, 0.717) is 12.6 Å². The lowest BCUT2D eigenvalue weighted by Gasteiger charge is -2.33. The average molecular weight is 383 g/mol. The van der Waals surface area contributed by atoms with Gasteiger partial charge in [-0.15, -0.1) is 0 Å². The maximum atomic E-state index is 12.5. The number of aromatic nitrogens is 2. The molecule has 0 bridgehead atoms. The Hall–Kier alpha value is -2.47. The van der Waals surface area contributed by atoms with Crippen molar-refractivity contribution < 1.29 is 4.79 Å². The zero-order valence-corrected chi connectivity index (χ0v) is 16.9. The molecule has 1 N–H and O–H groups in total. The van der Waals surface area contributed by atoms with Crippen molar-refractivity contribution in [3.05, 3.63) is 58.0 Å². The van der Waals surface area contributed by atoms with Crippen molar-refractivity contribution >= 4 is 11.6 Å². The normalized spacial score (nSPS) is 17.4. The zero-order valence-electron chi connectivity index (χ0n) is 16.9. The molecule has 2 heterocycles. The Morgan fingerprint density at radius 1 is 1.18 bits per heavy atom. The number of amides is 1. The second-order valence-electron chi connectivity index (χ2n) is 7.60. The van der Waals surface area contributed by atoms with Crippen molar-refractivity contribution in [2.24, 2.45) is 0 Å². The molecule has 0 radical (unpaired) electrons. The molecule has 0 saturated carbocycles. The SMILES string of the molecule is CCCCn1nc(C(=O)Nc2ccc(CN3CCCCC3C)cc2)ccc1=O. The fourth-order valence-corrected chi connectivity index (χ4v) is 3.55. The van der Waals surface area contributed by atoms with Gasteiger partial charge in [0.15, 0.2) is 0 Å². The Morgan fingerprint density at radius 3 is 2.68 bits per heavy atom. The maximum absolute atomic E-state index is 12.5. The van der Waals surface area contributed by atoms with Crippen molar-refractivity contribution in [2.75, 3.05) is 11.9 Å². The third-order valence-electron chi connectivity index (χ3n) is 5.36. The van der Waals surface area contributed by atoms with Crippen LogP contribution in [0.15, 0.2) is 41.2 Å². The Morgan fingerprint density at radius 2 is 1.96 bits per heavy atom. The summed E-state index contributed by atoms with van der Waals surface area (Å²) in [5, 5.41) is 7.06. The first-order valence-corrected chi connectivity index (χ1v) is 10.3. The van der Waals surface area contributed by atoms with Gasteiger partial charge in [-0.3, -0.25) is 14.5 Å². The lowest BCUT2D eigenvalue weighted by Crippen LogP contribution is -2.36. The van der Waals surface area contributed by atoms with Crippen LogP contribution in [0.2, 0.25) is 0 Å². The standard InChI is InChI=1S/C22H30N4O2/c1-3-4-15-26-21(27)13-12-20(24-26)22(28)23-19-10-8-18(9-11-19)16-25-14-6-5-7-17(25)2/h8-13,17H,3-7,14-16H2,1-2H3,(H,23,28). The van der Waals surface area contributed by atoms with Gasteiger partial charge in [-0.25, -0.2) is 4.68 Å². The second-order valence-corrected chi connectivity index (χ2v) is 7.60. The summed E-state index contributed by atoms with van der Waals surface area (Å²) >= 11 is 0. The number of anilines is 1. The topological polar surface area (TPSA) is 67.2 Å². The highest BCUT2D eigenvalue weighted by molar-refractivity contribution is 6.02. The molecule has 1 amide bonds. The largest absolute Gasteiger partial charge is 0.321 e. The fraction of sp³-hybridized carbons (Fsp3) is 0.500. The monoisotopic (exact) mass is 382 g/mol. The summed E-state index contributed by atoms with van der Waals surface area (Å²) in [5.41, 5.74) is 2.05. The van der Waals surface area contributed by atoms with Crippen LogP contribution in [0.5, 0.6) is 0 Å². The van der Waals surface area contributed by atoms with E-state index in [1.165, 1.54) is 41.6 Å². The molecule has 2 aromatic rings. The fourth-order valence-electron chi connectivity index (χ4n) is 3.55. The Bertz CT molecular complexity index is 844. The number of carbonyl (C=O) groups is 1. The van der Waals surface area contributed by atoms with Crippen LogP contribution in [0.1, 0.15) is 62.0 Å². The third kappa shape index (κ3) is 5.29. The lowest BCUT2D eigenvalue weighted by atomic mass is 10.0. The van der Waals surface area contributed by atoms with Gasteiger partial charge in [0.1, 0.15) is 5.69 Å². The predicted octanol–water partition coefficient (Wildman–Crippen LogP) is 3.67. The molecule has 1 aromatic heterocycles. The molecule has 0 aliphatic carbocycles. The van der Waals surface area contributed by atoms with Crippen molar-refractivity contribution in [1.82, 2.24) is 14.7 Å². The molecule has 1 aromatic carbocycles. The quantitative estimate of drug-likeness (QED) is 0.793. The van der Waals surface area contributed by atoms with Gasteiger partial charge in [0.25, 0.3) is 11.5 Å². The van der Waals surface area contributed by atoms with Crippen LogP contribution in [0.3, 0.4) is 0 Å². The minimum absolute atomic E-state index is 0.179. The first-order chi connectivity index (χ1) is 13.6. The van der Waals surface area contributed by atoms with Crippen LogP contribution < -0.4 is 10.9 Å². The van der Waals surface area contributed by atoms with E-state index in [1.807, 2.05) is 12.1 Å². The first kappa shape index (κ1) is 20.3. The number of hydrogen-bond donors (Lipinski definition) is 1. The highest BCUT2D eigenvalue weighted by atomic mass is 16.2. The molecular weight excluding hydrogens is 352 g/mol. The van der Waals surface area contributed by atoms with Crippen LogP contribution >= 0.6 is 0 Å². The molecule has 1 unspecified atom stereocenters. The van der Waals surface area contributed by atoms with E-state index in [9.17, 15) is 9.59 Å². The Kier molecular flexibility index (Phi) is 6.98. The molecule has 28 heavy (non-hydrogen) atoms. The van der Waals surface area contributed by atoms with Crippen LogP contribution in [-0.4, -0.2) is 33.2 Å². The number of unbranched alkanes of at least 4 members (excludes halogenated alkanes) is 1. The highest BCUT2D eigenvalue weighted by Gasteiger charge is 2.18. The molecule has 1 aliphatic rings. The number of nitrogens with one attached hydrogen (secondary N) is 1. The number of aryl methyl sites for hydroxylation is 1. The van der Waals surface area contributed by atoms with Crippen molar-refractivity contribution in [3.63, 3.8) is 0 Å². The molecule has 6 nitrogen and oxygen atoms in total. The van der Waals surface area contributed by atoms with Gasteiger partial charge in [-0.2, -0.15) is 5.10 Å². The first-order valence-electron chi connectivity index (χ1n) is 10.3. The van der Waals surface area contributed by atoms with E-state index in [1.54, 1.807) is 0 Å². The summed E-state index contributed by atoms with van der Waals surface area (Å²) in [4.78, 5) is 26.9. The van der Waals surface area contributed by atoms with E-state index in [2.05, 4.69) is 41.3 Å². The molecule has 6 heteroatoms. The van der Waals surface area contributed by atoms with Crippen molar-refractivity contribution in [2.45, 2.75) is 65.1 Å². The van der Waals surface area contributed by atoms with Gasteiger partial charge in [0, 0.05) is 30.9 Å². The van der Waals surface area contributed by atoms with Crippen LogP contribution in [-0.2, 0) is 13.1 Å². The van der Waals surface area contributed by atoms with E-state index in [-0.39, 0.29) is 17.2 Å². The van der Waals surface area contributed by atoms with Crippen LogP contribution in [0.25, 0.3) is 0 Å². The Labute approximate surface area is 166 Å². The Balaban J connectivity index is 1.62. The molecule has 1 atom stereocenters. The molecule has 0 spiro atoms. The zero-order chi connectivity index (χ0) is 19.9. The lowest BCUT2D eigenvalue weighted by molar-refractivity contribution is 0.101. The second kappa shape index (κ2) is 9.64. The number of carbonyl (C=O) groups excluding carboxylic acids is 1. The summed E-state index contributed by atoms with van der Waals surface area (Å²) in [6, 6.07) is 11.5. The number of rotatable bonds is 7. The van der Waals surface area contributed by atoms with Gasteiger partial charge < -0.3 is 5.32 Å². The summed E-state index contributed by atoms with van der Waals surface area (Å²) in [5.74, 6) is -0.303. The van der Waals surface area contributed by atoms with Gasteiger partial charge >= 0.3 is 0 Å². The van der Waals surface area contributed by atoms with Gasteiger partial charge in [-0.1, -0.05) is 31.9 Å². The molecule has 1 saturated heterocycles. The van der Waals surface area contributed by atoms with E-state index in [0.717, 1.165) is 31.6 Å². The number of piperidine rings is 1. The summed E-state index contributed by atoms with van der Waals surface area (Å²) in [7, 11) is 0. The maximum Gasteiger partial charge on any atom is 0.276 e. The summed E-state index contributed by atoms with van der Waals surface area (Å²) in [6.07, 6.45) is 5.68. The number of likely N-dealkylation sites (tertiary alicyclic amines) is 1. The molecular formula is C22H30N4O2. The molecule has 1 aliphatic heterocycles. The van der Waals surface area contributed by atoms with Gasteiger partial charge in [0.2, 0.25) is 0 Å². The van der Waals surface area contributed by atoms with E-state index in [4.69, 9.17) is 0 Å². The average Bonchev–Trinajstić information content (AvgIpc) is 2.70.